The Bertz CT molecular complexity index is 1170. The topological polar surface area (TPSA) is 76.6 Å². The summed E-state index contributed by atoms with van der Waals surface area (Å²) in [4.78, 5) is 23.8. The van der Waals surface area contributed by atoms with Crippen LogP contribution in [0.2, 0.25) is 0 Å². The second kappa shape index (κ2) is 9.91. The largest absolute Gasteiger partial charge is 0.573 e. The van der Waals surface area contributed by atoms with Crippen LogP contribution in [0.15, 0.2) is 54.9 Å². The predicted octanol–water partition coefficient (Wildman–Crippen LogP) is 5.22. The van der Waals surface area contributed by atoms with E-state index in [1.54, 1.807) is 37.5 Å². The Labute approximate surface area is 200 Å². The second-order valence-corrected chi connectivity index (χ2v) is 8.44. The Morgan fingerprint density at radius 2 is 1.69 bits per heavy atom. The third-order valence-corrected chi connectivity index (χ3v) is 5.58. The normalized spacial score (nSPS) is 18.3. The summed E-state index contributed by atoms with van der Waals surface area (Å²) in [5, 5.41) is 2.81. The van der Waals surface area contributed by atoms with Crippen molar-refractivity contribution < 1.29 is 27.4 Å². The van der Waals surface area contributed by atoms with E-state index in [1.807, 2.05) is 18.7 Å². The highest BCUT2D eigenvalue weighted by Gasteiger charge is 2.31. The fraction of sp³-hybridized carbons (Fsp3) is 0.320. The van der Waals surface area contributed by atoms with Crippen LogP contribution in [0.3, 0.4) is 0 Å². The zero-order valence-electron chi connectivity index (χ0n) is 19.5. The highest BCUT2D eigenvalue weighted by molar-refractivity contribution is 6.06. The highest BCUT2D eigenvalue weighted by Crippen LogP contribution is 2.30. The first-order chi connectivity index (χ1) is 16.6. The molecule has 1 amide bonds. The van der Waals surface area contributed by atoms with Gasteiger partial charge in [-0.1, -0.05) is 24.3 Å². The van der Waals surface area contributed by atoms with E-state index in [2.05, 4.69) is 20.0 Å². The van der Waals surface area contributed by atoms with E-state index in [4.69, 9.17) is 4.74 Å². The molecule has 2 aromatic carbocycles. The monoisotopic (exact) mass is 486 g/mol. The number of hydrogen-bond acceptors (Lipinski definition) is 6. The van der Waals surface area contributed by atoms with Crippen LogP contribution < -0.4 is 15.0 Å². The number of hydrogen-bond donors (Lipinski definition) is 1. The lowest BCUT2D eigenvalue weighted by Gasteiger charge is -2.35. The number of nitrogens with one attached hydrogen (secondary N) is 1. The molecule has 1 aliphatic rings. The molecular weight excluding hydrogens is 461 g/mol. The first-order valence-electron chi connectivity index (χ1n) is 11.1. The number of nitrogens with zero attached hydrogens (tertiary/aromatic N) is 3. The molecule has 184 valence electrons. The van der Waals surface area contributed by atoms with Gasteiger partial charge in [0, 0.05) is 18.7 Å². The van der Waals surface area contributed by atoms with Crippen molar-refractivity contribution in [1.82, 2.24) is 9.97 Å². The van der Waals surface area contributed by atoms with Gasteiger partial charge in [0.2, 0.25) is 5.95 Å². The average molecular weight is 486 g/mol. The Kier molecular flexibility index (Phi) is 6.93. The smallest absolute Gasteiger partial charge is 0.406 e. The van der Waals surface area contributed by atoms with Crippen LogP contribution in [0.25, 0.3) is 11.1 Å². The number of rotatable bonds is 5. The number of anilines is 2. The van der Waals surface area contributed by atoms with Crippen molar-refractivity contribution >= 4 is 17.5 Å². The lowest BCUT2D eigenvalue weighted by atomic mass is 9.96. The van der Waals surface area contributed by atoms with Crippen molar-refractivity contribution in [3.63, 3.8) is 0 Å². The molecule has 0 bridgehead atoms. The Morgan fingerprint density at radius 3 is 2.29 bits per heavy atom. The number of alkyl halides is 3. The molecule has 4 rings (SSSR count). The van der Waals surface area contributed by atoms with Gasteiger partial charge in [-0.15, -0.1) is 13.2 Å². The zero-order valence-corrected chi connectivity index (χ0v) is 19.5. The van der Waals surface area contributed by atoms with E-state index >= 15 is 0 Å². The van der Waals surface area contributed by atoms with Crippen LogP contribution in [0, 0.1) is 6.92 Å². The maximum Gasteiger partial charge on any atom is 0.573 e. The number of morpholine rings is 1. The molecule has 2 heterocycles. The molecule has 1 saturated heterocycles. The maximum absolute atomic E-state index is 13.0. The number of amides is 1. The molecule has 35 heavy (non-hydrogen) atoms. The molecule has 0 aliphatic carbocycles. The number of carbonyl (C=O) groups excluding carboxylic acids is 1. The molecule has 1 fully saturated rings. The SMILES string of the molecule is Cc1c(C(=O)Nc2cnc(N3C[C@@H](C)O[C@@H](C)C3)nc2)cccc1-c1ccc(OC(F)(F)F)cc1. The summed E-state index contributed by atoms with van der Waals surface area (Å²) in [5.41, 5.74) is 2.94. The molecule has 0 unspecified atom stereocenters. The van der Waals surface area contributed by atoms with Gasteiger partial charge in [0.1, 0.15) is 5.75 Å². The fourth-order valence-electron chi connectivity index (χ4n) is 4.12. The van der Waals surface area contributed by atoms with E-state index in [0.717, 1.165) is 5.56 Å². The highest BCUT2D eigenvalue weighted by atomic mass is 19.4. The first kappa shape index (κ1) is 24.5. The molecule has 0 spiro atoms. The van der Waals surface area contributed by atoms with Gasteiger partial charge in [-0.05, 0) is 55.7 Å². The number of ether oxygens (including phenoxy) is 2. The molecular formula is C25H25F3N4O3. The standard InChI is InChI=1S/C25H25F3N4O3/c1-15-13-32(14-16(2)34-15)24-29-11-19(12-30-24)31-23(33)22-6-4-5-21(17(22)3)18-7-9-20(10-8-18)35-25(26,27)28/h4-12,15-16H,13-14H2,1-3H3,(H,31,33)/t15-,16+. The van der Waals surface area contributed by atoms with Crippen LogP contribution in [-0.2, 0) is 4.74 Å². The van der Waals surface area contributed by atoms with Crippen molar-refractivity contribution in [3.8, 4) is 16.9 Å². The number of aromatic nitrogens is 2. The third kappa shape index (κ3) is 6.07. The van der Waals surface area contributed by atoms with E-state index in [1.165, 1.54) is 24.3 Å². The summed E-state index contributed by atoms with van der Waals surface area (Å²) in [7, 11) is 0. The minimum Gasteiger partial charge on any atom is -0.406 e. The summed E-state index contributed by atoms with van der Waals surface area (Å²) in [6.07, 6.45) is -1.49. The summed E-state index contributed by atoms with van der Waals surface area (Å²) in [5.74, 6) is -0.0790. The van der Waals surface area contributed by atoms with Gasteiger partial charge in [-0.25, -0.2) is 9.97 Å². The Morgan fingerprint density at radius 1 is 1.06 bits per heavy atom. The van der Waals surface area contributed by atoms with E-state index < -0.39 is 6.36 Å². The van der Waals surface area contributed by atoms with Gasteiger partial charge >= 0.3 is 6.36 Å². The summed E-state index contributed by atoms with van der Waals surface area (Å²) in [6, 6.07) is 10.7. The van der Waals surface area contributed by atoms with Gasteiger partial charge in [-0.3, -0.25) is 4.79 Å². The average Bonchev–Trinajstić information content (AvgIpc) is 2.79. The molecule has 1 aliphatic heterocycles. The Hall–Kier alpha value is -3.66. The summed E-state index contributed by atoms with van der Waals surface area (Å²) in [6.45, 7) is 7.15. The molecule has 1 aromatic heterocycles. The Balaban J connectivity index is 1.47. The van der Waals surface area contributed by atoms with E-state index in [-0.39, 0.29) is 23.9 Å². The quantitative estimate of drug-likeness (QED) is 0.533. The van der Waals surface area contributed by atoms with Gasteiger partial charge in [0.25, 0.3) is 5.91 Å². The molecule has 1 N–H and O–H groups in total. The maximum atomic E-state index is 13.0. The van der Waals surface area contributed by atoms with E-state index in [0.29, 0.717) is 41.4 Å². The van der Waals surface area contributed by atoms with Gasteiger partial charge in [0.15, 0.2) is 0 Å². The number of halogens is 3. The third-order valence-electron chi connectivity index (χ3n) is 5.58. The zero-order chi connectivity index (χ0) is 25.2. The van der Waals surface area contributed by atoms with Crippen molar-refractivity contribution in [2.24, 2.45) is 0 Å². The van der Waals surface area contributed by atoms with Crippen LogP contribution in [-0.4, -0.2) is 47.5 Å². The minimum atomic E-state index is -4.75. The van der Waals surface area contributed by atoms with Crippen LogP contribution in [0.4, 0.5) is 24.8 Å². The first-order valence-corrected chi connectivity index (χ1v) is 11.1. The van der Waals surface area contributed by atoms with Crippen molar-refractivity contribution in [2.45, 2.75) is 39.3 Å². The number of benzene rings is 2. The molecule has 2 atom stereocenters. The number of carbonyl (C=O) groups is 1. The van der Waals surface area contributed by atoms with Gasteiger partial charge in [0.05, 0.1) is 30.3 Å². The van der Waals surface area contributed by atoms with Crippen molar-refractivity contribution in [2.75, 3.05) is 23.3 Å². The molecule has 3 aromatic rings. The molecule has 0 radical (unpaired) electrons. The van der Waals surface area contributed by atoms with Crippen molar-refractivity contribution in [1.29, 1.82) is 0 Å². The lowest BCUT2D eigenvalue weighted by molar-refractivity contribution is -0.274. The second-order valence-electron chi connectivity index (χ2n) is 8.44. The summed E-state index contributed by atoms with van der Waals surface area (Å²) < 4.78 is 46.9. The van der Waals surface area contributed by atoms with Crippen molar-refractivity contribution in [3.05, 3.63) is 66.0 Å². The van der Waals surface area contributed by atoms with Crippen LogP contribution in [0.1, 0.15) is 29.8 Å². The van der Waals surface area contributed by atoms with Crippen LogP contribution in [0.5, 0.6) is 5.75 Å². The van der Waals surface area contributed by atoms with Gasteiger partial charge < -0.3 is 19.7 Å². The van der Waals surface area contributed by atoms with Gasteiger partial charge in [-0.2, -0.15) is 0 Å². The predicted molar refractivity (Wildman–Crippen MR) is 126 cm³/mol. The summed E-state index contributed by atoms with van der Waals surface area (Å²) >= 11 is 0. The molecule has 7 nitrogen and oxygen atoms in total. The minimum absolute atomic E-state index is 0.0744. The lowest BCUT2D eigenvalue weighted by Crippen LogP contribution is -2.46. The van der Waals surface area contributed by atoms with E-state index in [9.17, 15) is 18.0 Å². The molecule has 10 heteroatoms. The molecule has 0 saturated carbocycles. The fourth-order valence-corrected chi connectivity index (χ4v) is 4.12. The van der Waals surface area contributed by atoms with Crippen LogP contribution >= 0.6 is 0 Å².